The third-order valence-corrected chi connectivity index (χ3v) is 12.9. The minimum Gasteiger partial charge on any atom is -0.293 e. The first-order chi connectivity index (χ1) is 8.26. The molecule has 17 heavy (non-hydrogen) atoms. The van der Waals surface area contributed by atoms with Gasteiger partial charge in [-0.1, -0.05) is 33.1 Å². The molecule has 0 bridgehead atoms. The lowest BCUT2D eigenvalue weighted by Gasteiger charge is -2.26. The maximum absolute atomic E-state index is 4.49. The van der Waals surface area contributed by atoms with Crippen molar-refractivity contribution >= 4 is 44.6 Å². The Morgan fingerprint density at radius 1 is 1.53 bits per heavy atom. The lowest BCUT2D eigenvalue weighted by Crippen LogP contribution is -2.26. The molecule has 0 spiro atoms. The fourth-order valence-electron chi connectivity index (χ4n) is 1.94. The summed E-state index contributed by atoms with van der Waals surface area (Å²) < 4.78 is 0. The molecule has 2 nitrogen and oxygen atoms in total. The maximum Gasteiger partial charge on any atom is 0.0623 e. The smallest absolute Gasteiger partial charge is 0.0623 e. The number of fused-ring (bicyclic) bond motifs is 1. The van der Waals surface area contributed by atoms with Crippen LogP contribution in [0.1, 0.15) is 24.5 Å². The number of rotatable bonds is 4. The van der Waals surface area contributed by atoms with Gasteiger partial charge in [0.1, 0.15) is 0 Å². The van der Waals surface area contributed by atoms with E-state index < -0.39 is 0 Å². The van der Waals surface area contributed by atoms with Gasteiger partial charge in [0.2, 0.25) is 0 Å². The Balaban J connectivity index is 2.32. The SMILES string of the molecule is CCCN1Cc2c(cccc2P(P)PP)C=N1. The molecule has 92 valence electrons. The Kier molecular flexibility index (Phi) is 5.32. The zero-order chi connectivity index (χ0) is 12.3. The van der Waals surface area contributed by atoms with E-state index >= 15 is 0 Å². The van der Waals surface area contributed by atoms with Crippen LogP contribution in [0.4, 0.5) is 0 Å². The third kappa shape index (κ3) is 3.24. The highest BCUT2D eigenvalue weighted by molar-refractivity contribution is 8.63. The van der Waals surface area contributed by atoms with Crippen molar-refractivity contribution in [1.82, 2.24) is 5.01 Å². The van der Waals surface area contributed by atoms with Crippen LogP contribution in [0.5, 0.6) is 0 Å². The lowest BCUT2D eigenvalue weighted by atomic mass is 10.1. The summed E-state index contributed by atoms with van der Waals surface area (Å²) in [6.07, 6.45) is 3.16. The Morgan fingerprint density at radius 3 is 3.06 bits per heavy atom. The van der Waals surface area contributed by atoms with Gasteiger partial charge >= 0.3 is 0 Å². The highest BCUT2D eigenvalue weighted by atomic mass is 32.6. The summed E-state index contributed by atoms with van der Waals surface area (Å²) in [6, 6.07) is 6.60. The summed E-state index contributed by atoms with van der Waals surface area (Å²) in [5, 5.41) is 8.18. The molecule has 4 atom stereocenters. The third-order valence-electron chi connectivity index (χ3n) is 2.77. The van der Waals surface area contributed by atoms with E-state index in [-0.39, 0.29) is 7.30 Å². The largest absolute Gasteiger partial charge is 0.293 e. The summed E-state index contributed by atoms with van der Waals surface area (Å²) in [5.41, 5.74) is 2.78. The van der Waals surface area contributed by atoms with Crippen LogP contribution in [0.25, 0.3) is 0 Å². The molecule has 1 aromatic carbocycles. The summed E-state index contributed by atoms with van der Waals surface area (Å²) >= 11 is 0. The van der Waals surface area contributed by atoms with Gasteiger partial charge < -0.3 is 0 Å². The average molecular weight is 302 g/mol. The van der Waals surface area contributed by atoms with Crippen LogP contribution in [0.2, 0.25) is 0 Å². The molecule has 6 heteroatoms. The van der Waals surface area contributed by atoms with E-state index in [0.29, 0.717) is 0 Å². The second-order valence-electron chi connectivity index (χ2n) is 3.98. The van der Waals surface area contributed by atoms with Crippen LogP contribution in [0.3, 0.4) is 0 Å². The topological polar surface area (TPSA) is 15.6 Å². The van der Waals surface area contributed by atoms with Crippen LogP contribution < -0.4 is 5.30 Å². The van der Waals surface area contributed by atoms with Gasteiger partial charge in [-0.3, -0.25) is 5.01 Å². The van der Waals surface area contributed by atoms with E-state index in [1.54, 1.807) is 0 Å². The molecule has 1 aliphatic rings. The number of benzene rings is 1. The minimum atomic E-state index is -0.0974. The Morgan fingerprint density at radius 2 is 2.35 bits per heavy atom. The van der Waals surface area contributed by atoms with Gasteiger partial charge in [0, 0.05) is 12.1 Å². The van der Waals surface area contributed by atoms with Crippen molar-refractivity contribution in [3.63, 3.8) is 0 Å². The first-order valence-corrected chi connectivity index (χ1v) is 12.3. The predicted octanol–water partition coefficient (Wildman–Crippen LogP) is 3.53. The van der Waals surface area contributed by atoms with Crippen molar-refractivity contribution in [2.24, 2.45) is 5.10 Å². The molecule has 4 unspecified atom stereocenters. The first-order valence-electron chi connectivity index (χ1n) is 5.68. The second kappa shape index (κ2) is 6.54. The quantitative estimate of drug-likeness (QED) is 0.777. The molecule has 0 aliphatic carbocycles. The normalized spacial score (nSPS) is 16.5. The Bertz CT molecular complexity index is 422. The zero-order valence-corrected chi connectivity index (χ0v) is 14.1. The van der Waals surface area contributed by atoms with Crippen LogP contribution >= 0.6 is 33.1 Å². The number of hydrogen-bond acceptors (Lipinski definition) is 2. The van der Waals surface area contributed by atoms with Crippen molar-refractivity contribution in [3.8, 4) is 0 Å². The van der Waals surface area contributed by atoms with Crippen LogP contribution in [0, 0.1) is 0 Å². The van der Waals surface area contributed by atoms with Crippen LogP contribution in [0.15, 0.2) is 23.3 Å². The lowest BCUT2D eigenvalue weighted by molar-refractivity contribution is 0.278. The van der Waals surface area contributed by atoms with Crippen molar-refractivity contribution < 1.29 is 0 Å². The van der Waals surface area contributed by atoms with Crippen molar-refractivity contribution in [3.05, 3.63) is 29.3 Å². The van der Waals surface area contributed by atoms with Gasteiger partial charge in [-0.15, -0.1) is 17.9 Å². The van der Waals surface area contributed by atoms with E-state index in [4.69, 9.17) is 0 Å². The van der Waals surface area contributed by atoms with Crippen LogP contribution in [-0.4, -0.2) is 17.8 Å². The van der Waals surface area contributed by atoms with Gasteiger partial charge in [-0.25, -0.2) is 0 Å². The molecule has 0 fully saturated rings. The molecule has 0 aromatic heterocycles. The molecule has 2 rings (SSSR count). The maximum atomic E-state index is 4.49. The molecular formula is C11H18N2P4. The minimum absolute atomic E-state index is 0.0974. The van der Waals surface area contributed by atoms with E-state index in [9.17, 15) is 0 Å². The predicted molar refractivity (Wildman–Crippen MR) is 89.0 cm³/mol. The summed E-state index contributed by atoms with van der Waals surface area (Å²) in [6.45, 7) is 4.21. The number of nitrogens with zero attached hydrogens (tertiary/aromatic N) is 2. The fraction of sp³-hybridized carbons (Fsp3) is 0.364. The highest BCUT2D eigenvalue weighted by Gasteiger charge is 2.17. The molecule has 0 N–H and O–H groups in total. The van der Waals surface area contributed by atoms with Gasteiger partial charge in [0.15, 0.2) is 0 Å². The highest BCUT2D eigenvalue weighted by Crippen LogP contribution is 2.65. The summed E-state index contributed by atoms with van der Waals surface area (Å²) in [4.78, 5) is 0. The molecular weight excluding hydrogens is 284 g/mol. The Labute approximate surface area is 111 Å². The van der Waals surface area contributed by atoms with E-state index in [0.717, 1.165) is 27.5 Å². The van der Waals surface area contributed by atoms with Crippen LogP contribution in [-0.2, 0) is 6.54 Å². The van der Waals surface area contributed by atoms with E-state index in [1.165, 1.54) is 16.4 Å². The van der Waals surface area contributed by atoms with Gasteiger partial charge in [-0.05, 0) is 24.6 Å². The number of hydrazone groups is 1. The number of hydrogen-bond donors (Lipinski definition) is 0. The van der Waals surface area contributed by atoms with E-state index in [1.807, 2.05) is 6.21 Å². The van der Waals surface area contributed by atoms with Crippen molar-refractivity contribution in [1.29, 1.82) is 0 Å². The monoisotopic (exact) mass is 302 g/mol. The van der Waals surface area contributed by atoms with Gasteiger partial charge in [0.25, 0.3) is 0 Å². The average Bonchev–Trinajstić information content (AvgIpc) is 2.37. The summed E-state index contributed by atoms with van der Waals surface area (Å²) in [5.74, 6) is 0. The van der Waals surface area contributed by atoms with Gasteiger partial charge in [-0.2, -0.15) is 5.10 Å². The molecule has 0 radical (unpaired) electrons. The standard InChI is InChI=1S/C11H18N2P4/c1-2-6-13-8-10-9(7-12-13)4-3-5-11(10)17(15)16-14/h3-5,7,16H,2,6,8,14-15H2,1H3. The molecule has 0 saturated carbocycles. The van der Waals surface area contributed by atoms with Crippen molar-refractivity contribution in [2.75, 3.05) is 6.54 Å². The van der Waals surface area contributed by atoms with Gasteiger partial charge in [0.05, 0.1) is 12.8 Å². The second-order valence-corrected chi connectivity index (χ2v) is 13.1. The van der Waals surface area contributed by atoms with Crippen molar-refractivity contribution in [2.45, 2.75) is 19.9 Å². The van der Waals surface area contributed by atoms with E-state index in [2.05, 4.69) is 53.1 Å². The summed E-state index contributed by atoms with van der Waals surface area (Å²) in [7, 11) is 6.70. The molecule has 1 aromatic rings. The fourth-order valence-corrected chi connectivity index (χ4v) is 5.84. The molecule has 0 saturated heterocycles. The molecule has 0 amide bonds. The molecule has 1 heterocycles. The molecule has 1 aliphatic heterocycles. The first kappa shape index (κ1) is 13.8. The zero-order valence-electron chi connectivity index (χ0n) is 9.93. The Hall–Kier alpha value is 0.410.